The van der Waals surface area contributed by atoms with Crippen LogP contribution in [0.3, 0.4) is 0 Å². The molecule has 1 rings (SSSR count). The van der Waals surface area contributed by atoms with Gasteiger partial charge in [-0.25, -0.2) is 0 Å². The Bertz CT molecular complexity index is 582. The quantitative estimate of drug-likeness (QED) is 0.588. The molecule has 0 bridgehead atoms. The third-order valence-corrected chi connectivity index (χ3v) is 2.44. The van der Waals surface area contributed by atoms with Crippen molar-refractivity contribution >= 4 is 23.3 Å². The van der Waals surface area contributed by atoms with Crippen molar-refractivity contribution in [1.82, 2.24) is 5.32 Å². The number of hydrogen-bond donors (Lipinski definition) is 2. The zero-order valence-corrected chi connectivity index (χ0v) is 10.8. The summed E-state index contributed by atoms with van der Waals surface area (Å²) >= 11 is 0. The van der Waals surface area contributed by atoms with E-state index in [1.54, 1.807) is 0 Å². The van der Waals surface area contributed by atoms with Gasteiger partial charge in [0.15, 0.2) is 0 Å². The average Bonchev–Trinajstić information content (AvgIpc) is 2.36. The molecule has 10 nitrogen and oxygen atoms in total. The molecule has 10 heteroatoms. The molecular weight excluding hydrogens is 286 g/mol. The Morgan fingerprint density at radius 2 is 1.67 bits per heavy atom. The largest absolute Gasteiger partial charge is 0.481 e. The zero-order chi connectivity index (χ0) is 16.2. The normalized spacial score (nSPS) is 11.5. The minimum atomic E-state index is -1.13. The van der Waals surface area contributed by atoms with Crippen molar-refractivity contribution in [1.29, 1.82) is 0 Å². The fourth-order valence-corrected chi connectivity index (χ4v) is 1.56. The third-order valence-electron chi connectivity index (χ3n) is 2.44. The smallest absolute Gasteiger partial charge is 0.305 e. The van der Waals surface area contributed by atoms with Crippen molar-refractivity contribution in [2.45, 2.75) is 19.4 Å². The first-order chi connectivity index (χ1) is 9.70. The lowest BCUT2D eigenvalue weighted by Gasteiger charge is -2.11. The zero-order valence-electron chi connectivity index (χ0n) is 10.8. The molecule has 0 unspecified atom stereocenters. The Morgan fingerprint density at radius 3 is 2.05 bits per heavy atom. The second-order valence-electron chi connectivity index (χ2n) is 4.22. The second-order valence-corrected chi connectivity index (χ2v) is 4.22. The summed E-state index contributed by atoms with van der Waals surface area (Å²) in [5.74, 6) is -1.96. The summed E-state index contributed by atoms with van der Waals surface area (Å²) in [7, 11) is 0. The molecule has 21 heavy (non-hydrogen) atoms. The number of amides is 1. The number of nitrogens with one attached hydrogen (secondary N) is 1. The monoisotopic (exact) mass is 297 g/mol. The summed E-state index contributed by atoms with van der Waals surface area (Å²) in [6.45, 7) is 1.43. The van der Waals surface area contributed by atoms with E-state index in [4.69, 9.17) is 5.11 Å². The highest BCUT2D eigenvalue weighted by Crippen LogP contribution is 2.22. The number of nitro benzene ring substituents is 2. The van der Waals surface area contributed by atoms with E-state index in [-0.39, 0.29) is 12.0 Å². The van der Waals surface area contributed by atoms with Gasteiger partial charge in [0, 0.05) is 18.2 Å². The molecule has 0 fully saturated rings. The summed E-state index contributed by atoms with van der Waals surface area (Å²) in [5.41, 5.74) is -1.48. The van der Waals surface area contributed by atoms with E-state index in [1.807, 2.05) is 0 Å². The predicted octanol–water partition coefficient (Wildman–Crippen LogP) is 1.10. The Morgan fingerprint density at radius 1 is 1.19 bits per heavy atom. The molecule has 2 N–H and O–H groups in total. The van der Waals surface area contributed by atoms with E-state index in [0.717, 1.165) is 18.2 Å². The molecule has 1 atom stereocenters. The van der Waals surface area contributed by atoms with Crippen LogP contribution in [0.2, 0.25) is 0 Å². The number of carboxylic acid groups (broad SMARTS) is 1. The topological polar surface area (TPSA) is 153 Å². The number of carboxylic acids is 1. The molecule has 0 saturated carbocycles. The van der Waals surface area contributed by atoms with Crippen LogP contribution >= 0.6 is 0 Å². The van der Waals surface area contributed by atoms with Gasteiger partial charge < -0.3 is 10.4 Å². The number of nitrogens with zero attached hydrogens (tertiary/aromatic N) is 2. The lowest BCUT2D eigenvalue weighted by atomic mass is 10.1. The van der Waals surface area contributed by atoms with Crippen molar-refractivity contribution in [3.63, 3.8) is 0 Å². The molecule has 0 aliphatic carbocycles. The molecule has 1 aromatic rings. The van der Waals surface area contributed by atoms with Crippen LogP contribution in [-0.2, 0) is 4.79 Å². The molecule has 1 aromatic carbocycles. The number of carbonyl (C=O) groups is 2. The number of carbonyl (C=O) groups excluding carboxylic acids is 1. The van der Waals surface area contributed by atoms with Gasteiger partial charge in [-0.05, 0) is 6.92 Å². The molecule has 1 amide bonds. The van der Waals surface area contributed by atoms with Crippen molar-refractivity contribution in [3.05, 3.63) is 44.0 Å². The molecule has 0 saturated heterocycles. The highest BCUT2D eigenvalue weighted by atomic mass is 16.6. The molecule has 0 aromatic heterocycles. The minimum Gasteiger partial charge on any atom is -0.481 e. The first-order valence-electron chi connectivity index (χ1n) is 5.67. The van der Waals surface area contributed by atoms with Gasteiger partial charge in [0.05, 0.1) is 27.9 Å². The number of hydrogen-bond acceptors (Lipinski definition) is 6. The lowest BCUT2D eigenvalue weighted by molar-refractivity contribution is -0.394. The second kappa shape index (κ2) is 6.41. The van der Waals surface area contributed by atoms with Crippen molar-refractivity contribution < 1.29 is 24.5 Å². The van der Waals surface area contributed by atoms with Gasteiger partial charge in [-0.2, -0.15) is 0 Å². The fourth-order valence-electron chi connectivity index (χ4n) is 1.56. The van der Waals surface area contributed by atoms with Gasteiger partial charge in [-0.15, -0.1) is 0 Å². The van der Waals surface area contributed by atoms with Crippen LogP contribution in [0.15, 0.2) is 18.2 Å². The maximum absolute atomic E-state index is 11.8. The van der Waals surface area contributed by atoms with Crippen LogP contribution < -0.4 is 5.32 Å². The number of benzene rings is 1. The number of rotatable bonds is 6. The molecule has 112 valence electrons. The maximum Gasteiger partial charge on any atom is 0.305 e. The molecule has 0 aliphatic heterocycles. The van der Waals surface area contributed by atoms with Crippen LogP contribution in [0.5, 0.6) is 0 Å². The van der Waals surface area contributed by atoms with Gasteiger partial charge in [0.25, 0.3) is 17.3 Å². The maximum atomic E-state index is 11.8. The summed E-state index contributed by atoms with van der Waals surface area (Å²) in [5, 5.41) is 32.2. The van der Waals surface area contributed by atoms with Crippen molar-refractivity contribution in [3.8, 4) is 0 Å². The van der Waals surface area contributed by atoms with Crippen LogP contribution in [0.25, 0.3) is 0 Å². The van der Waals surface area contributed by atoms with Crippen LogP contribution in [0, 0.1) is 20.2 Å². The van der Waals surface area contributed by atoms with Crippen molar-refractivity contribution in [2.24, 2.45) is 0 Å². The van der Waals surface area contributed by atoms with Crippen LogP contribution in [-0.4, -0.2) is 32.9 Å². The summed E-state index contributed by atoms with van der Waals surface area (Å²) in [6, 6.07) is 1.77. The summed E-state index contributed by atoms with van der Waals surface area (Å²) in [4.78, 5) is 42.0. The Balaban J connectivity index is 3.05. The number of aliphatic carboxylic acids is 1. The first kappa shape index (κ1) is 16.0. The average molecular weight is 297 g/mol. The highest BCUT2D eigenvalue weighted by molar-refractivity contribution is 5.96. The highest BCUT2D eigenvalue weighted by Gasteiger charge is 2.21. The van der Waals surface area contributed by atoms with Gasteiger partial charge >= 0.3 is 5.97 Å². The number of nitro groups is 2. The molecule has 0 spiro atoms. The van der Waals surface area contributed by atoms with Gasteiger partial charge in [0.1, 0.15) is 0 Å². The molecule has 0 heterocycles. The third kappa shape index (κ3) is 4.53. The van der Waals surface area contributed by atoms with Gasteiger partial charge in [-0.3, -0.25) is 29.8 Å². The summed E-state index contributed by atoms with van der Waals surface area (Å²) < 4.78 is 0. The van der Waals surface area contributed by atoms with Crippen LogP contribution in [0.1, 0.15) is 23.7 Å². The van der Waals surface area contributed by atoms with Crippen LogP contribution in [0.4, 0.5) is 11.4 Å². The van der Waals surface area contributed by atoms with Gasteiger partial charge in [0.2, 0.25) is 0 Å². The van der Waals surface area contributed by atoms with E-state index in [2.05, 4.69) is 5.32 Å². The van der Waals surface area contributed by atoms with E-state index in [9.17, 15) is 29.8 Å². The fraction of sp³-hybridized carbons (Fsp3) is 0.273. The molecule has 0 aliphatic rings. The predicted molar refractivity (Wildman–Crippen MR) is 68.9 cm³/mol. The standard InChI is InChI=1S/C11H11N3O7/c1-6(2-10(15)16)12-11(17)7-3-8(13(18)19)5-9(4-7)14(20)21/h3-6H,2H2,1H3,(H,12,17)(H,15,16)/t6-/m1/s1. The van der Waals surface area contributed by atoms with E-state index < -0.39 is 39.1 Å². The Labute approximate surface area is 117 Å². The molecule has 0 radical (unpaired) electrons. The SMILES string of the molecule is C[C@H](CC(=O)O)NC(=O)c1cc([N+](=O)[O-])cc([N+](=O)[O-])c1. The molecular formula is C11H11N3O7. The summed E-state index contributed by atoms with van der Waals surface area (Å²) in [6.07, 6.45) is -0.344. The first-order valence-corrected chi connectivity index (χ1v) is 5.67. The minimum absolute atomic E-state index is 0.284. The van der Waals surface area contributed by atoms with E-state index in [0.29, 0.717) is 0 Å². The Kier molecular flexibility index (Phi) is 4.89. The van der Waals surface area contributed by atoms with Crippen molar-refractivity contribution in [2.75, 3.05) is 0 Å². The van der Waals surface area contributed by atoms with E-state index in [1.165, 1.54) is 6.92 Å². The number of non-ortho nitro benzene ring substituents is 2. The lowest BCUT2D eigenvalue weighted by Crippen LogP contribution is -2.34. The van der Waals surface area contributed by atoms with E-state index >= 15 is 0 Å². The Hall–Kier alpha value is -3.04. The van der Waals surface area contributed by atoms with Gasteiger partial charge in [-0.1, -0.05) is 0 Å².